The van der Waals surface area contributed by atoms with E-state index in [1.54, 1.807) is 6.07 Å². The van der Waals surface area contributed by atoms with Gasteiger partial charge in [-0.2, -0.15) is 4.31 Å². The van der Waals surface area contributed by atoms with Crippen molar-refractivity contribution in [1.29, 1.82) is 0 Å². The first-order valence-corrected chi connectivity index (χ1v) is 8.47. The van der Waals surface area contributed by atoms with Crippen LogP contribution in [0.3, 0.4) is 0 Å². The van der Waals surface area contributed by atoms with E-state index in [-0.39, 0.29) is 11.0 Å². The van der Waals surface area contributed by atoms with Crippen LogP contribution in [0.15, 0.2) is 16.3 Å². The number of aryl methyl sites for hydroxylation is 1. The van der Waals surface area contributed by atoms with E-state index in [4.69, 9.17) is 18.0 Å². The number of thiophene rings is 1. The van der Waals surface area contributed by atoms with Crippen molar-refractivity contribution < 1.29 is 8.42 Å². The zero-order chi connectivity index (χ0) is 13.3. The van der Waals surface area contributed by atoms with Gasteiger partial charge in [-0.3, -0.25) is 0 Å². The molecule has 4 nitrogen and oxygen atoms in total. The van der Waals surface area contributed by atoms with Crippen LogP contribution in [0.4, 0.5) is 0 Å². The van der Waals surface area contributed by atoms with Crippen LogP contribution in [0, 0.1) is 6.92 Å². The van der Waals surface area contributed by atoms with E-state index in [9.17, 15) is 8.42 Å². The molecule has 1 aromatic rings. The number of nitrogens with zero attached hydrogens (tertiary/aromatic N) is 1. The number of sulfonamides is 1. The Morgan fingerprint density at radius 2 is 2.22 bits per heavy atom. The fourth-order valence-corrected chi connectivity index (χ4v) is 5.54. The molecule has 7 heteroatoms. The molecule has 1 aliphatic rings. The lowest BCUT2D eigenvalue weighted by Crippen LogP contribution is -2.49. The summed E-state index contributed by atoms with van der Waals surface area (Å²) in [7, 11) is -3.45. The molecule has 0 bridgehead atoms. The minimum atomic E-state index is -3.45. The zero-order valence-corrected chi connectivity index (χ0v) is 12.6. The lowest BCUT2D eigenvalue weighted by Gasteiger charge is -2.33. The van der Waals surface area contributed by atoms with Gasteiger partial charge in [-0.15, -0.1) is 11.3 Å². The normalized spacial score (nSPS) is 21.9. The van der Waals surface area contributed by atoms with Gasteiger partial charge in [-0.05, 0) is 31.9 Å². The predicted molar refractivity (Wildman–Crippen MR) is 77.4 cm³/mol. The topological polar surface area (TPSA) is 63.4 Å². The monoisotopic (exact) mass is 304 g/mol. The Bertz CT molecular complexity index is 550. The summed E-state index contributed by atoms with van der Waals surface area (Å²) in [5.74, 6) is 0. The van der Waals surface area contributed by atoms with E-state index in [1.807, 2.05) is 13.0 Å². The van der Waals surface area contributed by atoms with Gasteiger partial charge in [0.15, 0.2) is 0 Å². The molecule has 1 aromatic heterocycles. The van der Waals surface area contributed by atoms with E-state index in [1.165, 1.54) is 15.6 Å². The lowest BCUT2D eigenvalue weighted by molar-refractivity contribution is 0.307. The van der Waals surface area contributed by atoms with Gasteiger partial charge in [0, 0.05) is 11.4 Å². The third kappa shape index (κ3) is 2.59. The second-order valence-electron chi connectivity index (χ2n) is 4.39. The molecule has 1 fully saturated rings. The molecular formula is C11H16N2O2S3. The van der Waals surface area contributed by atoms with Gasteiger partial charge >= 0.3 is 0 Å². The Morgan fingerprint density at radius 3 is 2.78 bits per heavy atom. The van der Waals surface area contributed by atoms with Crippen molar-refractivity contribution in [1.82, 2.24) is 4.31 Å². The standard InChI is InChI=1S/C11H16N2O2S3/c1-8-5-6-10(17-8)18(14,15)13-7-3-2-4-9(13)11(12)16/h5-6,9H,2-4,7H2,1H3,(H2,12,16). The van der Waals surface area contributed by atoms with E-state index in [2.05, 4.69) is 0 Å². The molecule has 2 heterocycles. The maximum Gasteiger partial charge on any atom is 0.253 e. The van der Waals surface area contributed by atoms with Crippen LogP contribution in [-0.2, 0) is 10.0 Å². The Labute approximate surface area is 117 Å². The minimum absolute atomic E-state index is 0.270. The Hall–Kier alpha value is -0.500. The maximum absolute atomic E-state index is 12.5. The molecule has 2 N–H and O–H groups in total. The highest BCUT2D eigenvalue weighted by atomic mass is 32.2. The third-order valence-electron chi connectivity index (χ3n) is 3.06. The van der Waals surface area contributed by atoms with Crippen LogP contribution in [0.2, 0.25) is 0 Å². The maximum atomic E-state index is 12.5. The second-order valence-corrected chi connectivity index (χ2v) is 8.27. The highest BCUT2D eigenvalue weighted by molar-refractivity contribution is 7.91. The van der Waals surface area contributed by atoms with Crippen molar-refractivity contribution >= 4 is 38.6 Å². The van der Waals surface area contributed by atoms with Gasteiger partial charge in [0.1, 0.15) is 4.21 Å². The zero-order valence-electron chi connectivity index (χ0n) is 10.1. The number of thiocarbonyl (C=S) groups is 1. The molecule has 0 amide bonds. The molecule has 1 atom stereocenters. The van der Waals surface area contributed by atoms with Crippen molar-refractivity contribution in [2.24, 2.45) is 5.73 Å². The van der Waals surface area contributed by atoms with Gasteiger partial charge in [0.2, 0.25) is 0 Å². The number of nitrogens with two attached hydrogens (primary N) is 1. The molecule has 18 heavy (non-hydrogen) atoms. The molecule has 1 aliphatic heterocycles. The molecule has 0 aliphatic carbocycles. The molecule has 1 saturated heterocycles. The van der Waals surface area contributed by atoms with E-state index in [0.29, 0.717) is 10.8 Å². The average Bonchev–Trinajstić information content (AvgIpc) is 2.76. The fraction of sp³-hybridized carbons (Fsp3) is 0.545. The minimum Gasteiger partial charge on any atom is -0.392 e. The molecule has 0 aromatic carbocycles. The largest absolute Gasteiger partial charge is 0.392 e. The molecule has 0 radical (unpaired) electrons. The van der Waals surface area contributed by atoms with Gasteiger partial charge < -0.3 is 5.73 Å². The van der Waals surface area contributed by atoms with E-state index >= 15 is 0 Å². The van der Waals surface area contributed by atoms with Crippen LogP contribution in [0.25, 0.3) is 0 Å². The van der Waals surface area contributed by atoms with E-state index in [0.717, 1.165) is 24.1 Å². The highest BCUT2D eigenvalue weighted by Crippen LogP contribution is 2.29. The summed E-state index contributed by atoms with van der Waals surface area (Å²) < 4.78 is 26.9. The second kappa shape index (κ2) is 5.24. The predicted octanol–water partition coefficient (Wildman–Crippen LogP) is 1.89. The Morgan fingerprint density at radius 1 is 1.50 bits per heavy atom. The van der Waals surface area contributed by atoms with E-state index < -0.39 is 10.0 Å². The van der Waals surface area contributed by atoms with Crippen LogP contribution in [0.1, 0.15) is 24.1 Å². The molecule has 0 spiro atoms. The summed E-state index contributed by atoms with van der Waals surface area (Å²) >= 11 is 6.28. The summed E-state index contributed by atoms with van der Waals surface area (Å²) in [6, 6.07) is 3.14. The first kappa shape index (κ1) is 13.9. The summed E-state index contributed by atoms with van der Waals surface area (Å²) in [6.45, 7) is 2.40. The number of hydrogen-bond donors (Lipinski definition) is 1. The molecule has 2 rings (SSSR count). The number of piperidine rings is 1. The number of rotatable bonds is 3. The first-order valence-electron chi connectivity index (χ1n) is 5.80. The molecule has 1 unspecified atom stereocenters. The Balaban J connectivity index is 2.36. The lowest BCUT2D eigenvalue weighted by atomic mass is 10.1. The molecular weight excluding hydrogens is 288 g/mol. The summed E-state index contributed by atoms with van der Waals surface area (Å²) in [4.78, 5) is 1.25. The SMILES string of the molecule is Cc1ccc(S(=O)(=O)N2CCCCC2C(N)=S)s1. The van der Waals surface area contributed by atoms with Gasteiger partial charge in [-0.25, -0.2) is 8.42 Å². The van der Waals surface area contributed by atoms with Gasteiger partial charge in [-0.1, -0.05) is 18.6 Å². The number of hydrogen-bond acceptors (Lipinski definition) is 4. The van der Waals surface area contributed by atoms with Crippen molar-refractivity contribution in [2.45, 2.75) is 36.4 Å². The third-order valence-corrected chi connectivity index (χ3v) is 6.71. The summed E-state index contributed by atoms with van der Waals surface area (Å²) in [5.41, 5.74) is 5.67. The van der Waals surface area contributed by atoms with Crippen molar-refractivity contribution in [2.75, 3.05) is 6.54 Å². The quantitative estimate of drug-likeness (QED) is 0.866. The van der Waals surface area contributed by atoms with Crippen LogP contribution in [0.5, 0.6) is 0 Å². The molecule has 100 valence electrons. The fourth-order valence-electron chi connectivity index (χ4n) is 2.14. The summed E-state index contributed by atoms with van der Waals surface area (Å²) in [5, 5.41) is 0. The van der Waals surface area contributed by atoms with Crippen LogP contribution >= 0.6 is 23.6 Å². The van der Waals surface area contributed by atoms with Crippen molar-refractivity contribution in [3.63, 3.8) is 0 Å². The van der Waals surface area contributed by atoms with Crippen molar-refractivity contribution in [3.05, 3.63) is 17.0 Å². The smallest absolute Gasteiger partial charge is 0.253 e. The first-order chi connectivity index (χ1) is 8.43. The molecule has 0 saturated carbocycles. The average molecular weight is 304 g/mol. The van der Waals surface area contributed by atoms with Crippen LogP contribution in [-0.4, -0.2) is 30.3 Å². The Kier molecular flexibility index (Phi) is 4.05. The summed E-state index contributed by atoms with van der Waals surface area (Å²) in [6.07, 6.45) is 2.55. The van der Waals surface area contributed by atoms with Gasteiger partial charge in [0.25, 0.3) is 10.0 Å². The van der Waals surface area contributed by atoms with Crippen LogP contribution < -0.4 is 5.73 Å². The van der Waals surface area contributed by atoms with Gasteiger partial charge in [0.05, 0.1) is 11.0 Å². The highest BCUT2D eigenvalue weighted by Gasteiger charge is 2.35. The van der Waals surface area contributed by atoms with Crippen molar-refractivity contribution in [3.8, 4) is 0 Å².